The minimum absolute atomic E-state index is 0.696. The van der Waals surface area contributed by atoms with Gasteiger partial charge in [0.05, 0.1) is 4.90 Å². The molecule has 0 unspecified atom stereocenters. The van der Waals surface area contributed by atoms with Gasteiger partial charge >= 0.3 is 10.1 Å². The molecular formula is C8H5BrF6S. The molecule has 0 atom stereocenters. The van der Waals surface area contributed by atoms with E-state index in [1.54, 1.807) is 0 Å². The molecule has 0 aliphatic heterocycles. The summed E-state index contributed by atoms with van der Waals surface area (Å²) in [4.78, 5) is -6.03. The molecule has 0 heterocycles. The van der Waals surface area contributed by atoms with Gasteiger partial charge in [-0.1, -0.05) is 18.2 Å². The van der Waals surface area contributed by atoms with Crippen LogP contribution in [0.25, 0.3) is 0 Å². The first-order valence-electron chi connectivity index (χ1n) is 3.82. The Labute approximate surface area is 97.7 Å². The fraction of sp³-hybridized carbons (Fsp3) is 0.250. The van der Waals surface area contributed by atoms with Crippen LogP contribution in [0.5, 0.6) is 0 Å². The average Bonchev–Trinajstić information content (AvgIpc) is 2.17. The molecule has 0 saturated carbocycles. The fourth-order valence-corrected chi connectivity index (χ4v) is 2.58. The van der Waals surface area contributed by atoms with Gasteiger partial charge in [-0.15, -0.1) is 7.77 Å². The van der Waals surface area contributed by atoms with Crippen LogP contribution in [0, 0.1) is 0 Å². The third-order valence-electron chi connectivity index (χ3n) is 1.69. The quantitative estimate of drug-likeness (QED) is 0.529. The molecule has 0 aliphatic rings. The molecule has 0 aliphatic carbocycles. The van der Waals surface area contributed by atoms with Crippen LogP contribution in [0.15, 0.2) is 35.2 Å². The summed E-state index contributed by atoms with van der Waals surface area (Å²) in [6.07, 6.45) is 0. The summed E-state index contributed by atoms with van der Waals surface area (Å²) in [7, 11) is -5.93. The highest BCUT2D eigenvalue weighted by atomic mass is 79.9. The summed E-state index contributed by atoms with van der Waals surface area (Å²) >= 11 is 1.29. The minimum Gasteiger partial charge on any atom is -0.185 e. The molecule has 0 spiro atoms. The normalized spacial score (nSPS) is 14.9. The molecule has 1 aromatic rings. The molecule has 0 amide bonds. The molecule has 16 heavy (non-hydrogen) atoms. The molecule has 92 valence electrons. The predicted molar refractivity (Wildman–Crippen MR) is 53.3 cm³/mol. The van der Waals surface area contributed by atoms with Gasteiger partial charge in [0, 0.05) is 0 Å². The van der Waals surface area contributed by atoms with Crippen LogP contribution < -0.4 is 0 Å². The van der Waals surface area contributed by atoms with E-state index < -0.39 is 25.8 Å². The van der Waals surface area contributed by atoms with Crippen LogP contribution in [0.1, 0.15) is 0 Å². The van der Waals surface area contributed by atoms with Gasteiger partial charge < -0.3 is 0 Å². The van der Waals surface area contributed by atoms with Crippen LogP contribution in [-0.2, 0) is 0 Å². The Morgan fingerprint density at radius 1 is 0.938 bits per heavy atom. The number of halogens is 7. The largest absolute Gasteiger partial charge is 0.403 e. The topological polar surface area (TPSA) is 0 Å². The molecule has 0 aromatic heterocycles. The highest BCUT2D eigenvalue weighted by Gasteiger charge is 2.68. The minimum atomic E-state index is -5.93. The summed E-state index contributed by atoms with van der Waals surface area (Å²) < 4.78 is 77.1. The van der Waals surface area contributed by atoms with Crippen molar-refractivity contribution in [2.75, 3.05) is 0 Å². The number of alkyl halides is 5. The summed E-state index contributed by atoms with van der Waals surface area (Å²) in [6, 6.07) is 4.88. The van der Waals surface area contributed by atoms with Gasteiger partial charge in [0.1, 0.15) is 0 Å². The second-order valence-corrected chi connectivity index (χ2v) is 5.71. The van der Waals surface area contributed by atoms with Crippen molar-refractivity contribution in [3.8, 4) is 0 Å². The van der Waals surface area contributed by atoms with Crippen molar-refractivity contribution in [1.29, 1.82) is 0 Å². The van der Waals surface area contributed by atoms with Crippen molar-refractivity contribution < 1.29 is 25.3 Å². The molecule has 1 aromatic carbocycles. The van der Waals surface area contributed by atoms with E-state index in [4.69, 9.17) is 0 Å². The summed E-state index contributed by atoms with van der Waals surface area (Å²) in [5.41, 5.74) is 0. The van der Waals surface area contributed by atoms with Gasteiger partial charge in [-0.2, -0.15) is 17.6 Å². The van der Waals surface area contributed by atoms with Crippen LogP contribution in [-0.4, -0.2) is 10.1 Å². The van der Waals surface area contributed by atoms with Crippen molar-refractivity contribution in [2.24, 2.45) is 0 Å². The van der Waals surface area contributed by atoms with Gasteiger partial charge in [0.15, 0.2) is 10.8 Å². The highest BCUT2D eigenvalue weighted by molar-refractivity contribution is 9.10. The van der Waals surface area contributed by atoms with E-state index >= 15 is 0 Å². The molecule has 0 nitrogen and oxygen atoms in total. The van der Waals surface area contributed by atoms with E-state index in [1.807, 2.05) is 0 Å². The first-order valence-corrected chi connectivity index (χ1v) is 6.05. The Morgan fingerprint density at radius 3 is 1.75 bits per heavy atom. The first kappa shape index (κ1) is 13.7. The van der Waals surface area contributed by atoms with Gasteiger partial charge in [-0.25, -0.2) is 0 Å². The standard InChI is InChI=1S/C8H5BrF6S/c9-7(10,11)8(12,13)16(14,15)6-4-2-1-3-5-6/h1-5H. The summed E-state index contributed by atoms with van der Waals surface area (Å²) in [5, 5.41) is -5.43. The molecule has 0 fully saturated rings. The zero-order valence-electron chi connectivity index (χ0n) is 7.44. The Kier molecular flexibility index (Phi) is 3.54. The van der Waals surface area contributed by atoms with E-state index in [9.17, 15) is 25.3 Å². The smallest absolute Gasteiger partial charge is 0.185 e. The van der Waals surface area contributed by atoms with Crippen molar-refractivity contribution in [1.82, 2.24) is 0 Å². The number of benzene rings is 1. The average molecular weight is 327 g/mol. The third kappa shape index (κ3) is 2.17. The Morgan fingerprint density at radius 2 is 1.38 bits per heavy atom. The molecule has 0 saturated heterocycles. The number of hydrogen-bond acceptors (Lipinski definition) is 0. The number of rotatable bonds is 3. The van der Waals surface area contributed by atoms with Crippen molar-refractivity contribution in [3.63, 3.8) is 0 Å². The van der Waals surface area contributed by atoms with Gasteiger partial charge in [-0.05, 0) is 28.1 Å². The van der Waals surface area contributed by atoms with E-state index in [-0.39, 0.29) is 0 Å². The van der Waals surface area contributed by atoms with E-state index in [0.29, 0.717) is 12.1 Å². The molecule has 0 radical (unpaired) electrons. The highest BCUT2D eigenvalue weighted by Crippen LogP contribution is 2.74. The van der Waals surface area contributed by atoms with Gasteiger partial charge in [0.2, 0.25) is 0 Å². The predicted octanol–water partition coefficient (Wildman–Crippen LogP) is 5.20. The molecule has 0 N–H and O–H groups in total. The lowest BCUT2D eigenvalue weighted by Crippen LogP contribution is -2.37. The van der Waals surface area contributed by atoms with E-state index in [1.165, 1.54) is 22.0 Å². The lowest BCUT2D eigenvalue weighted by Gasteiger charge is -2.32. The zero-order chi connectivity index (χ0) is 12.6. The monoisotopic (exact) mass is 326 g/mol. The Bertz CT molecular complexity index is 361. The second-order valence-electron chi connectivity index (χ2n) is 2.80. The SMILES string of the molecule is FC(F)(Br)C(F)(F)S(F)(F)c1ccccc1. The maximum absolute atomic E-state index is 13.3. The lowest BCUT2D eigenvalue weighted by molar-refractivity contribution is -0.0866. The van der Waals surface area contributed by atoms with Crippen LogP contribution in [0.4, 0.5) is 25.3 Å². The summed E-state index contributed by atoms with van der Waals surface area (Å²) in [5.74, 6) is 0. The Balaban J connectivity index is 3.22. The van der Waals surface area contributed by atoms with Gasteiger partial charge in [0.25, 0.3) is 0 Å². The van der Waals surface area contributed by atoms with E-state index in [2.05, 4.69) is 0 Å². The van der Waals surface area contributed by atoms with Crippen LogP contribution >= 0.6 is 26.7 Å². The van der Waals surface area contributed by atoms with Crippen molar-refractivity contribution in [3.05, 3.63) is 30.3 Å². The first-order chi connectivity index (χ1) is 7.11. The van der Waals surface area contributed by atoms with Crippen molar-refractivity contribution >= 4 is 26.7 Å². The van der Waals surface area contributed by atoms with Crippen molar-refractivity contribution in [2.45, 2.75) is 15.0 Å². The van der Waals surface area contributed by atoms with Gasteiger partial charge in [-0.3, -0.25) is 0 Å². The number of hydrogen-bond donors (Lipinski definition) is 0. The fourth-order valence-electron chi connectivity index (χ4n) is 0.885. The second kappa shape index (κ2) is 4.14. The maximum atomic E-state index is 13.3. The third-order valence-corrected chi connectivity index (χ3v) is 4.22. The lowest BCUT2D eigenvalue weighted by atomic mass is 10.4. The molecule has 8 heteroatoms. The van der Waals surface area contributed by atoms with Crippen LogP contribution in [0.2, 0.25) is 0 Å². The molecular weight excluding hydrogens is 322 g/mol. The van der Waals surface area contributed by atoms with E-state index in [0.717, 1.165) is 12.1 Å². The maximum Gasteiger partial charge on any atom is 0.403 e. The Hall–Kier alpha value is -0.370. The summed E-state index contributed by atoms with van der Waals surface area (Å²) in [6.45, 7) is 0. The molecule has 0 bridgehead atoms. The zero-order valence-corrected chi connectivity index (χ0v) is 9.84. The molecule has 1 rings (SSSR count). The van der Waals surface area contributed by atoms with Crippen LogP contribution in [0.3, 0.4) is 0 Å².